The zero-order chi connectivity index (χ0) is 14.1. The van der Waals surface area contributed by atoms with E-state index >= 15 is 0 Å². The summed E-state index contributed by atoms with van der Waals surface area (Å²) in [7, 11) is 0. The van der Waals surface area contributed by atoms with E-state index in [4.69, 9.17) is 10.3 Å². The highest BCUT2D eigenvalue weighted by Crippen LogP contribution is 1.99. The van der Waals surface area contributed by atoms with Crippen molar-refractivity contribution in [1.29, 1.82) is 0 Å². The van der Waals surface area contributed by atoms with Crippen LogP contribution in [0.25, 0.3) is 0 Å². The molecule has 0 fully saturated rings. The lowest BCUT2D eigenvalue weighted by Gasteiger charge is -1.94. The van der Waals surface area contributed by atoms with Crippen molar-refractivity contribution in [2.24, 2.45) is 5.16 Å². The fourth-order valence-electron chi connectivity index (χ4n) is 1.32. The highest BCUT2D eigenvalue weighted by Gasteiger charge is 1.96. The van der Waals surface area contributed by atoms with Gasteiger partial charge in [0, 0.05) is 0 Å². The van der Waals surface area contributed by atoms with E-state index in [-0.39, 0.29) is 0 Å². The van der Waals surface area contributed by atoms with E-state index in [0.717, 1.165) is 5.56 Å². The van der Waals surface area contributed by atoms with Gasteiger partial charge in [0.1, 0.15) is 0 Å². The molecule has 0 unspecified atom stereocenters. The molecule has 19 heavy (non-hydrogen) atoms. The quantitative estimate of drug-likeness (QED) is 0.493. The fourth-order valence-corrected chi connectivity index (χ4v) is 1.32. The number of carboxylic acids is 1. The van der Waals surface area contributed by atoms with Crippen LogP contribution >= 0.6 is 0 Å². The lowest BCUT2D eigenvalue weighted by molar-refractivity contribution is 0.0697. The molecule has 0 saturated heterocycles. The van der Waals surface area contributed by atoms with Gasteiger partial charge in [-0.05, 0) is 24.6 Å². The summed E-state index contributed by atoms with van der Waals surface area (Å²) in [6, 6.07) is 17.8. The Balaban J connectivity index is 0.000000191. The van der Waals surface area contributed by atoms with Crippen LogP contribution in [0.15, 0.2) is 65.8 Å². The molecule has 2 aromatic rings. The maximum atomic E-state index is 10.2. The van der Waals surface area contributed by atoms with Gasteiger partial charge >= 0.3 is 5.97 Å². The largest absolute Gasteiger partial charge is 0.478 e. The molecule has 4 nitrogen and oxygen atoms in total. The second-order valence-corrected chi connectivity index (χ2v) is 3.72. The Morgan fingerprint density at radius 2 is 1.32 bits per heavy atom. The van der Waals surface area contributed by atoms with Gasteiger partial charge in [0.05, 0.1) is 11.3 Å². The van der Waals surface area contributed by atoms with Crippen molar-refractivity contribution in [3.8, 4) is 0 Å². The van der Waals surface area contributed by atoms with Gasteiger partial charge in [0.25, 0.3) is 0 Å². The van der Waals surface area contributed by atoms with Crippen molar-refractivity contribution in [2.45, 2.75) is 6.92 Å². The van der Waals surface area contributed by atoms with Gasteiger partial charge < -0.3 is 10.3 Å². The molecule has 0 heterocycles. The zero-order valence-corrected chi connectivity index (χ0v) is 10.5. The first-order valence-electron chi connectivity index (χ1n) is 5.67. The van der Waals surface area contributed by atoms with E-state index in [2.05, 4.69) is 5.16 Å². The standard InChI is InChI=1S/C8H9NO.C7H6O2/c1-7(9-10)8-5-3-2-4-6-8;8-7(9)6-4-2-1-3-5-6/h2-6,10H,1H3;1-5H,(H,8,9)/b9-7+;. The predicted octanol–water partition coefficient (Wildman–Crippen LogP) is 3.27. The Bertz CT molecular complexity index is 536. The van der Waals surface area contributed by atoms with E-state index in [1.54, 1.807) is 37.3 Å². The number of hydrogen-bond donors (Lipinski definition) is 2. The third kappa shape index (κ3) is 5.04. The molecule has 0 radical (unpaired) electrons. The zero-order valence-electron chi connectivity index (χ0n) is 10.5. The molecule has 4 heteroatoms. The monoisotopic (exact) mass is 257 g/mol. The topological polar surface area (TPSA) is 69.9 Å². The van der Waals surface area contributed by atoms with Gasteiger partial charge in [-0.25, -0.2) is 4.79 Å². The maximum absolute atomic E-state index is 10.2. The summed E-state index contributed by atoms with van der Waals surface area (Å²) in [6.07, 6.45) is 0. The summed E-state index contributed by atoms with van der Waals surface area (Å²) >= 11 is 0. The van der Waals surface area contributed by atoms with Crippen LogP contribution in [-0.2, 0) is 0 Å². The molecule has 0 aromatic heterocycles. The van der Waals surface area contributed by atoms with Crippen LogP contribution in [0.1, 0.15) is 22.8 Å². The first kappa shape index (κ1) is 14.4. The summed E-state index contributed by atoms with van der Waals surface area (Å²) in [6.45, 7) is 1.76. The predicted molar refractivity (Wildman–Crippen MR) is 73.8 cm³/mol. The molecule has 0 aliphatic heterocycles. The van der Waals surface area contributed by atoms with Gasteiger partial charge in [0.15, 0.2) is 0 Å². The average molecular weight is 257 g/mol. The molecule has 0 amide bonds. The summed E-state index contributed by atoms with van der Waals surface area (Å²) < 4.78 is 0. The Kier molecular flexibility index (Phi) is 5.82. The number of benzene rings is 2. The SMILES string of the molecule is C/C(=N\O)c1ccccc1.O=C(O)c1ccccc1. The Hall–Kier alpha value is -2.62. The van der Waals surface area contributed by atoms with Crippen LogP contribution in [0.4, 0.5) is 0 Å². The van der Waals surface area contributed by atoms with Crippen LogP contribution in [0.3, 0.4) is 0 Å². The molecule has 2 aromatic carbocycles. The average Bonchev–Trinajstić information content (AvgIpc) is 2.49. The number of oxime groups is 1. The van der Waals surface area contributed by atoms with E-state index in [0.29, 0.717) is 11.3 Å². The Morgan fingerprint density at radius 3 is 1.63 bits per heavy atom. The number of nitrogens with zero attached hydrogens (tertiary/aromatic N) is 1. The molecule has 0 bridgehead atoms. The molecule has 0 aliphatic carbocycles. The van der Waals surface area contributed by atoms with Crippen molar-refractivity contribution >= 4 is 11.7 Å². The maximum Gasteiger partial charge on any atom is 0.335 e. The highest BCUT2D eigenvalue weighted by atomic mass is 16.4. The second-order valence-electron chi connectivity index (χ2n) is 3.72. The van der Waals surface area contributed by atoms with Crippen LogP contribution < -0.4 is 0 Å². The first-order chi connectivity index (χ1) is 9.15. The minimum atomic E-state index is -0.879. The Labute approximate surface area is 111 Å². The molecule has 98 valence electrons. The van der Waals surface area contributed by atoms with Gasteiger partial charge in [-0.15, -0.1) is 0 Å². The van der Waals surface area contributed by atoms with Crippen molar-refractivity contribution in [2.75, 3.05) is 0 Å². The highest BCUT2D eigenvalue weighted by molar-refractivity contribution is 5.98. The molecule has 0 aliphatic rings. The number of aromatic carboxylic acids is 1. The lowest BCUT2D eigenvalue weighted by atomic mass is 10.1. The molecule has 0 saturated carbocycles. The summed E-state index contributed by atoms with van der Waals surface area (Å²) in [4.78, 5) is 10.2. The van der Waals surface area contributed by atoms with E-state index in [1.165, 1.54) is 0 Å². The minimum Gasteiger partial charge on any atom is -0.478 e. The Morgan fingerprint density at radius 1 is 0.895 bits per heavy atom. The lowest BCUT2D eigenvalue weighted by Crippen LogP contribution is -1.93. The smallest absolute Gasteiger partial charge is 0.335 e. The third-order valence-corrected chi connectivity index (χ3v) is 2.36. The number of hydrogen-bond acceptors (Lipinski definition) is 3. The van der Waals surface area contributed by atoms with Crippen molar-refractivity contribution in [3.05, 3.63) is 71.8 Å². The first-order valence-corrected chi connectivity index (χ1v) is 5.67. The van der Waals surface area contributed by atoms with E-state index < -0.39 is 5.97 Å². The molecule has 2 N–H and O–H groups in total. The second kappa shape index (κ2) is 7.66. The summed E-state index contributed by atoms with van der Waals surface area (Å²) in [5.41, 5.74) is 1.92. The third-order valence-electron chi connectivity index (χ3n) is 2.36. The fraction of sp³-hybridized carbons (Fsp3) is 0.0667. The number of carboxylic acid groups (broad SMARTS) is 1. The number of rotatable bonds is 2. The van der Waals surface area contributed by atoms with Crippen LogP contribution in [0.2, 0.25) is 0 Å². The van der Waals surface area contributed by atoms with Crippen LogP contribution in [0.5, 0.6) is 0 Å². The van der Waals surface area contributed by atoms with E-state index in [1.807, 2.05) is 30.3 Å². The molecule has 0 atom stereocenters. The van der Waals surface area contributed by atoms with Gasteiger partial charge in [0.2, 0.25) is 0 Å². The van der Waals surface area contributed by atoms with Gasteiger partial charge in [-0.2, -0.15) is 0 Å². The normalized spacial score (nSPS) is 10.3. The summed E-state index contributed by atoms with van der Waals surface area (Å²) in [5, 5.41) is 19.8. The van der Waals surface area contributed by atoms with Crippen molar-refractivity contribution in [1.82, 2.24) is 0 Å². The summed E-state index contributed by atoms with van der Waals surface area (Å²) in [5.74, 6) is -0.879. The van der Waals surface area contributed by atoms with Gasteiger partial charge in [-0.1, -0.05) is 53.7 Å². The molecule has 0 spiro atoms. The number of carbonyl (C=O) groups is 1. The van der Waals surface area contributed by atoms with Crippen LogP contribution in [-0.4, -0.2) is 22.0 Å². The molecular formula is C15H15NO3. The minimum absolute atomic E-state index is 0.331. The van der Waals surface area contributed by atoms with E-state index in [9.17, 15) is 4.79 Å². The van der Waals surface area contributed by atoms with Crippen molar-refractivity contribution in [3.63, 3.8) is 0 Å². The van der Waals surface area contributed by atoms with Crippen LogP contribution in [0, 0.1) is 0 Å². The van der Waals surface area contributed by atoms with Gasteiger partial charge in [-0.3, -0.25) is 0 Å². The van der Waals surface area contributed by atoms with Crippen molar-refractivity contribution < 1.29 is 15.1 Å². The molecular weight excluding hydrogens is 242 g/mol. The molecule has 2 rings (SSSR count).